The van der Waals surface area contributed by atoms with Crippen LogP contribution < -0.4 is 0 Å². The number of ketones is 1. The Kier molecular flexibility index (Phi) is 2.67. The van der Waals surface area contributed by atoms with E-state index in [0.29, 0.717) is 5.56 Å². The summed E-state index contributed by atoms with van der Waals surface area (Å²) in [7, 11) is 0. The van der Waals surface area contributed by atoms with Gasteiger partial charge in [-0.25, -0.2) is 4.79 Å². The third-order valence-corrected chi connectivity index (χ3v) is 3.25. The van der Waals surface area contributed by atoms with Gasteiger partial charge in [0, 0.05) is 5.56 Å². The highest BCUT2D eigenvalue weighted by Gasteiger charge is 2.21. The van der Waals surface area contributed by atoms with Gasteiger partial charge < -0.3 is 4.74 Å². The number of hydrogen-bond donors (Lipinski definition) is 0. The maximum Gasteiger partial charge on any atom is 0.379 e. The molecule has 0 unspecified atom stereocenters. The molecule has 0 aromatic heterocycles. The first-order valence-corrected chi connectivity index (χ1v) is 6.17. The summed E-state index contributed by atoms with van der Waals surface area (Å²) in [6.45, 7) is 1.88. The molecule has 2 aromatic rings. The van der Waals surface area contributed by atoms with Crippen molar-refractivity contribution < 1.29 is 14.3 Å². The number of esters is 1. The summed E-state index contributed by atoms with van der Waals surface area (Å²) in [5, 5.41) is 1.83. The van der Waals surface area contributed by atoms with Crippen molar-refractivity contribution in [2.75, 3.05) is 6.61 Å². The van der Waals surface area contributed by atoms with Gasteiger partial charge in [-0.05, 0) is 34.9 Å². The number of hydrogen-bond acceptors (Lipinski definition) is 3. The quantitative estimate of drug-likeness (QED) is 0.409. The third-order valence-electron chi connectivity index (χ3n) is 3.25. The molecule has 0 saturated carbocycles. The molecule has 0 heterocycles. The van der Waals surface area contributed by atoms with Crippen LogP contribution in [0.1, 0.15) is 28.4 Å². The molecule has 0 fully saturated rings. The molecule has 0 atom stereocenters. The van der Waals surface area contributed by atoms with Crippen molar-refractivity contribution in [3.63, 3.8) is 0 Å². The van der Waals surface area contributed by atoms with Crippen molar-refractivity contribution in [1.29, 1.82) is 0 Å². The molecule has 0 spiro atoms. The van der Waals surface area contributed by atoms with Crippen LogP contribution in [-0.4, -0.2) is 18.4 Å². The summed E-state index contributed by atoms with van der Waals surface area (Å²) in [5.41, 5.74) is 2.56. The highest BCUT2D eigenvalue weighted by Crippen LogP contribution is 2.33. The minimum atomic E-state index is -0.797. The Morgan fingerprint density at radius 3 is 2.53 bits per heavy atom. The molecule has 3 heteroatoms. The Bertz CT molecular complexity index is 714. The average Bonchev–Trinajstić information content (AvgIpc) is 2.84. The van der Waals surface area contributed by atoms with Crippen LogP contribution in [0.3, 0.4) is 0 Å². The lowest BCUT2D eigenvalue weighted by molar-refractivity contribution is -0.137. The normalized spacial score (nSPS) is 11.8. The second kappa shape index (κ2) is 4.35. The minimum Gasteiger partial charge on any atom is -0.460 e. The first-order chi connectivity index (χ1) is 9.22. The second-order valence-corrected chi connectivity index (χ2v) is 4.36. The number of ether oxygens (including phenoxy) is 1. The van der Waals surface area contributed by atoms with E-state index >= 15 is 0 Å². The Balaban J connectivity index is 2.17. The predicted octanol–water partition coefficient (Wildman–Crippen LogP) is 3.07. The first-order valence-electron chi connectivity index (χ1n) is 6.17. The number of Topliss-reactive ketones (excluding diaryl/α,β-unsaturated/α-hetero) is 1. The van der Waals surface area contributed by atoms with Gasteiger partial charge in [0.05, 0.1) is 6.61 Å². The molecule has 94 valence electrons. The van der Waals surface area contributed by atoms with Gasteiger partial charge in [0.25, 0.3) is 5.78 Å². The van der Waals surface area contributed by atoms with E-state index in [4.69, 9.17) is 4.74 Å². The van der Waals surface area contributed by atoms with Gasteiger partial charge in [-0.1, -0.05) is 36.4 Å². The molecular formula is C16H12O3. The van der Waals surface area contributed by atoms with Crippen molar-refractivity contribution >= 4 is 34.7 Å². The number of carbonyl (C=O) groups is 2. The molecule has 2 aromatic carbocycles. The van der Waals surface area contributed by atoms with Crippen molar-refractivity contribution in [2.45, 2.75) is 6.92 Å². The maximum atomic E-state index is 12.1. The van der Waals surface area contributed by atoms with E-state index < -0.39 is 11.8 Å². The van der Waals surface area contributed by atoms with E-state index in [1.54, 1.807) is 13.0 Å². The van der Waals surface area contributed by atoms with E-state index in [9.17, 15) is 9.59 Å². The largest absolute Gasteiger partial charge is 0.460 e. The number of benzene rings is 2. The van der Waals surface area contributed by atoms with Crippen LogP contribution in [0.25, 0.3) is 22.9 Å². The summed E-state index contributed by atoms with van der Waals surface area (Å²) >= 11 is 0. The van der Waals surface area contributed by atoms with Crippen molar-refractivity contribution in [1.82, 2.24) is 0 Å². The molecule has 1 aliphatic carbocycles. The monoisotopic (exact) mass is 252 g/mol. The lowest BCUT2D eigenvalue weighted by Gasteiger charge is -2.07. The molecule has 0 saturated heterocycles. The summed E-state index contributed by atoms with van der Waals surface area (Å²) in [4.78, 5) is 23.7. The van der Waals surface area contributed by atoms with Gasteiger partial charge in [-0.15, -0.1) is 0 Å². The van der Waals surface area contributed by atoms with Crippen LogP contribution in [0.15, 0.2) is 30.3 Å². The zero-order valence-corrected chi connectivity index (χ0v) is 10.5. The van der Waals surface area contributed by atoms with E-state index in [1.165, 1.54) is 0 Å². The van der Waals surface area contributed by atoms with Crippen molar-refractivity contribution in [3.05, 3.63) is 47.0 Å². The number of carbonyl (C=O) groups excluding carboxylic acids is 2. The van der Waals surface area contributed by atoms with Crippen LogP contribution in [-0.2, 0) is 9.53 Å². The van der Waals surface area contributed by atoms with E-state index in [1.807, 2.05) is 36.4 Å². The zero-order chi connectivity index (χ0) is 13.4. The minimum absolute atomic E-state index is 0.202. The fourth-order valence-corrected chi connectivity index (χ4v) is 2.42. The predicted molar refractivity (Wildman–Crippen MR) is 73.8 cm³/mol. The highest BCUT2D eigenvalue weighted by molar-refractivity contribution is 6.43. The lowest BCUT2D eigenvalue weighted by Crippen LogP contribution is -2.17. The van der Waals surface area contributed by atoms with Crippen LogP contribution in [0.5, 0.6) is 0 Å². The fourth-order valence-electron chi connectivity index (χ4n) is 2.42. The molecule has 1 aliphatic rings. The molecule has 3 nitrogen and oxygen atoms in total. The average molecular weight is 252 g/mol. The van der Waals surface area contributed by atoms with Crippen LogP contribution in [0.2, 0.25) is 0 Å². The summed E-state index contributed by atoms with van der Waals surface area (Å²) < 4.78 is 4.78. The first kappa shape index (κ1) is 11.7. The summed E-state index contributed by atoms with van der Waals surface area (Å²) in [5.74, 6) is -1.38. The smallest absolute Gasteiger partial charge is 0.379 e. The van der Waals surface area contributed by atoms with Gasteiger partial charge in [-0.3, -0.25) is 4.79 Å². The van der Waals surface area contributed by atoms with Crippen molar-refractivity contribution in [3.8, 4) is 0 Å². The van der Waals surface area contributed by atoms with E-state index in [-0.39, 0.29) is 6.61 Å². The maximum absolute atomic E-state index is 12.1. The third kappa shape index (κ3) is 1.74. The summed E-state index contributed by atoms with van der Waals surface area (Å²) in [6.07, 6.45) is 4.02. The van der Waals surface area contributed by atoms with Crippen LogP contribution in [0, 0.1) is 0 Å². The Labute approximate surface area is 110 Å². The molecular weight excluding hydrogens is 240 g/mol. The fraction of sp³-hybridized carbons (Fsp3) is 0.125. The van der Waals surface area contributed by atoms with Crippen LogP contribution >= 0.6 is 0 Å². The van der Waals surface area contributed by atoms with Crippen LogP contribution in [0.4, 0.5) is 0 Å². The van der Waals surface area contributed by atoms with Gasteiger partial charge in [0.1, 0.15) is 0 Å². The van der Waals surface area contributed by atoms with Gasteiger partial charge in [0.15, 0.2) is 0 Å². The molecule has 0 N–H and O–H groups in total. The second-order valence-electron chi connectivity index (χ2n) is 4.36. The summed E-state index contributed by atoms with van der Waals surface area (Å²) in [6, 6.07) is 9.30. The Hall–Kier alpha value is -2.42. The van der Waals surface area contributed by atoms with Crippen molar-refractivity contribution in [2.24, 2.45) is 0 Å². The zero-order valence-electron chi connectivity index (χ0n) is 10.5. The molecule has 0 bridgehead atoms. The standard InChI is InChI=1S/C16H12O3/c1-2-19-16(18)15(17)13-9-8-11-7-6-10-4-3-5-12(13)14(10)11/h3-9H,2H2,1H3. The van der Waals surface area contributed by atoms with Gasteiger partial charge >= 0.3 is 5.97 Å². The lowest BCUT2D eigenvalue weighted by atomic mass is 9.97. The van der Waals surface area contributed by atoms with E-state index in [2.05, 4.69) is 0 Å². The SMILES string of the molecule is CCOC(=O)C(=O)c1ccc2c3c(cccc13)C=C2. The Morgan fingerprint density at radius 2 is 1.79 bits per heavy atom. The topological polar surface area (TPSA) is 43.4 Å². The highest BCUT2D eigenvalue weighted by atomic mass is 16.5. The Morgan fingerprint density at radius 1 is 1.05 bits per heavy atom. The molecule has 3 rings (SSSR count). The molecule has 19 heavy (non-hydrogen) atoms. The molecule has 0 radical (unpaired) electrons. The van der Waals surface area contributed by atoms with E-state index in [0.717, 1.165) is 21.9 Å². The van der Waals surface area contributed by atoms with Gasteiger partial charge in [0.2, 0.25) is 0 Å². The molecule has 0 amide bonds. The number of rotatable bonds is 3. The van der Waals surface area contributed by atoms with Gasteiger partial charge in [-0.2, -0.15) is 0 Å². The molecule has 0 aliphatic heterocycles.